The molecule has 2 heteroatoms. The predicted octanol–water partition coefficient (Wildman–Crippen LogP) is 10.9. The van der Waals surface area contributed by atoms with Crippen molar-refractivity contribution in [3.05, 3.63) is 0 Å². The Morgan fingerprint density at radius 2 is 0.706 bits per heavy atom. The van der Waals surface area contributed by atoms with Gasteiger partial charge < -0.3 is 9.96 Å². The minimum Gasteiger partial charge on any atom is -0.870 e. The van der Waals surface area contributed by atoms with Crippen molar-refractivity contribution in [3.63, 3.8) is 0 Å². The van der Waals surface area contributed by atoms with Gasteiger partial charge >= 0.3 is 0 Å². The molecule has 0 saturated heterocycles. The van der Waals surface area contributed by atoms with Gasteiger partial charge in [0.15, 0.2) is 0 Å². The summed E-state index contributed by atoms with van der Waals surface area (Å²) < 4.78 is 1.46. The van der Waals surface area contributed by atoms with Crippen LogP contribution in [0.4, 0.5) is 0 Å². The van der Waals surface area contributed by atoms with E-state index in [1.54, 1.807) is 0 Å². The second kappa shape index (κ2) is 21.0. The first-order chi connectivity index (χ1) is 16.0. The minimum atomic E-state index is 0. The zero-order chi connectivity index (χ0) is 25.1. The molecule has 208 valence electrons. The molecule has 0 rings (SSSR count). The Balaban J connectivity index is 0. The summed E-state index contributed by atoms with van der Waals surface area (Å²) in [5, 5.41) is 0. The molecule has 34 heavy (non-hydrogen) atoms. The Morgan fingerprint density at radius 1 is 0.412 bits per heavy atom. The van der Waals surface area contributed by atoms with Gasteiger partial charge in [-0.2, -0.15) is 0 Å². The smallest absolute Gasteiger partial charge is 0.105 e. The molecule has 1 N–H and O–H groups in total. The van der Waals surface area contributed by atoms with Gasteiger partial charge in [0.25, 0.3) is 0 Å². The standard InChI is InChI=1S/C32H68N.H2O/c1-9-17-24-31(16-8,25-18-10-2)32(26-19-11-3,27-20-12-4)33(28-21-13-5,29-22-14-6)30-23-15-7;/h9-30H2,1-8H3;1H2/q+1;/p-1. The van der Waals surface area contributed by atoms with Crippen molar-refractivity contribution >= 4 is 0 Å². The van der Waals surface area contributed by atoms with E-state index >= 15 is 0 Å². The molecule has 0 fully saturated rings. The largest absolute Gasteiger partial charge is 0.870 e. The minimum absolute atomic E-state index is 0. The number of nitrogens with zero attached hydrogens (tertiary/aromatic N) is 1. The van der Waals surface area contributed by atoms with E-state index in [-0.39, 0.29) is 5.48 Å². The number of quaternary nitrogens is 1. The number of rotatable bonds is 24. The first kappa shape index (κ1) is 36.1. The van der Waals surface area contributed by atoms with Crippen LogP contribution >= 0.6 is 0 Å². The normalized spacial score (nSPS) is 12.7. The Morgan fingerprint density at radius 3 is 0.971 bits per heavy atom. The van der Waals surface area contributed by atoms with Crippen LogP contribution < -0.4 is 0 Å². The van der Waals surface area contributed by atoms with Crippen LogP contribution in [0.5, 0.6) is 0 Å². The van der Waals surface area contributed by atoms with Gasteiger partial charge in [0.1, 0.15) is 5.54 Å². The van der Waals surface area contributed by atoms with Crippen molar-refractivity contribution in [1.29, 1.82) is 0 Å². The van der Waals surface area contributed by atoms with Crippen LogP contribution in [-0.4, -0.2) is 35.1 Å². The molecule has 0 spiro atoms. The molecule has 0 unspecified atom stereocenters. The summed E-state index contributed by atoms with van der Waals surface area (Å²) in [6.45, 7) is 23.9. The Bertz CT molecular complexity index is 395. The Labute approximate surface area is 218 Å². The van der Waals surface area contributed by atoms with Crippen molar-refractivity contribution in [2.24, 2.45) is 5.41 Å². The van der Waals surface area contributed by atoms with E-state index in [2.05, 4.69) is 55.4 Å². The second-order valence-electron chi connectivity index (χ2n) is 11.5. The molecule has 0 amide bonds. The molecule has 0 atom stereocenters. The lowest BCUT2D eigenvalue weighted by Gasteiger charge is -2.63. The van der Waals surface area contributed by atoms with E-state index in [1.807, 2.05) is 0 Å². The zero-order valence-electron chi connectivity index (χ0n) is 25.5. The average Bonchev–Trinajstić information content (AvgIpc) is 2.85. The van der Waals surface area contributed by atoms with Crippen LogP contribution in [0, 0.1) is 5.41 Å². The molecule has 0 aliphatic heterocycles. The zero-order valence-corrected chi connectivity index (χ0v) is 25.5. The average molecular weight is 484 g/mol. The highest BCUT2D eigenvalue weighted by Crippen LogP contribution is 2.56. The van der Waals surface area contributed by atoms with Gasteiger partial charge in [0, 0.05) is 18.3 Å². The van der Waals surface area contributed by atoms with Crippen LogP contribution in [0.3, 0.4) is 0 Å². The highest BCUT2D eigenvalue weighted by atomic mass is 16.0. The van der Waals surface area contributed by atoms with Crippen LogP contribution in [-0.2, 0) is 0 Å². The van der Waals surface area contributed by atoms with E-state index in [4.69, 9.17) is 0 Å². The third-order valence-corrected chi connectivity index (χ3v) is 9.30. The summed E-state index contributed by atoms with van der Waals surface area (Å²) in [6.07, 6.45) is 26.7. The SMILES string of the molecule is CCCCC(CC)(CCCC)C(CCCC)(CCCC)[N+](CCCC)(CCCC)CCCC.[OH-]. The first-order valence-electron chi connectivity index (χ1n) is 15.8. The Hall–Kier alpha value is -0.0800. The number of hydrogen-bond donors (Lipinski definition) is 0. The predicted molar refractivity (Wildman–Crippen MR) is 155 cm³/mol. The van der Waals surface area contributed by atoms with E-state index in [1.165, 1.54) is 146 Å². The molecule has 0 bridgehead atoms. The fourth-order valence-corrected chi connectivity index (χ4v) is 7.23. The monoisotopic (exact) mass is 484 g/mol. The van der Waals surface area contributed by atoms with Crippen LogP contribution in [0.1, 0.15) is 177 Å². The molecule has 0 heterocycles. The first-order valence-corrected chi connectivity index (χ1v) is 15.8. The maximum absolute atomic E-state index is 2.59. The topological polar surface area (TPSA) is 30.0 Å². The highest BCUT2D eigenvalue weighted by molar-refractivity contribution is 5.01. The molecule has 0 aromatic heterocycles. The summed E-state index contributed by atoms with van der Waals surface area (Å²) in [4.78, 5) is 0. The quantitative estimate of drug-likeness (QED) is 0.125. The summed E-state index contributed by atoms with van der Waals surface area (Å²) in [6, 6.07) is 0. The van der Waals surface area contributed by atoms with E-state index in [9.17, 15) is 0 Å². The van der Waals surface area contributed by atoms with Gasteiger partial charge in [-0.15, -0.1) is 0 Å². The Kier molecular flexibility index (Phi) is 22.3. The van der Waals surface area contributed by atoms with Crippen LogP contribution in [0.15, 0.2) is 0 Å². The van der Waals surface area contributed by atoms with E-state index in [0.717, 1.165) is 0 Å². The number of unbranched alkanes of at least 4 members (excludes halogenated alkanes) is 7. The van der Waals surface area contributed by atoms with Gasteiger partial charge in [-0.1, -0.05) is 113 Å². The third kappa shape index (κ3) is 9.76. The molecular formula is C32H69NO. The maximum atomic E-state index is 2.59. The molecular weight excluding hydrogens is 414 g/mol. The molecule has 0 aromatic carbocycles. The molecule has 0 saturated carbocycles. The van der Waals surface area contributed by atoms with Gasteiger partial charge in [-0.3, -0.25) is 0 Å². The van der Waals surface area contributed by atoms with Gasteiger partial charge in [0.05, 0.1) is 19.6 Å². The van der Waals surface area contributed by atoms with Crippen molar-refractivity contribution in [3.8, 4) is 0 Å². The molecule has 0 aromatic rings. The van der Waals surface area contributed by atoms with Gasteiger partial charge in [0.2, 0.25) is 0 Å². The highest BCUT2D eigenvalue weighted by Gasteiger charge is 2.60. The lowest BCUT2D eigenvalue weighted by molar-refractivity contribution is -0.987. The molecule has 0 aliphatic carbocycles. The number of hydrogen-bond acceptors (Lipinski definition) is 1. The second-order valence-corrected chi connectivity index (χ2v) is 11.5. The molecule has 2 nitrogen and oxygen atoms in total. The van der Waals surface area contributed by atoms with Crippen molar-refractivity contribution in [2.75, 3.05) is 19.6 Å². The fourth-order valence-electron chi connectivity index (χ4n) is 7.23. The maximum Gasteiger partial charge on any atom is 0.105 e. The lowest BCUT2D eigenvalue weighted by atomic mass is 9.56. The fraction of sp³-hybridized carbons (Fsp3) is 1.00. The summed E-state index contributed by atoms with van der Waals surface area (Å²) in [5.41, 5.74) is 0.982. The van der Waals surface area contributed by atoms with Crippen LogP contribution in [0.25, 0.3) is 0 Å². The van der Waals surface area contributed by atoms with Gasteiger partial charge in [-0.05, 0) is 51.4 Å². The lowest BCUT2D eigenvalue weighted by Crippen LogP contribution is -2.72. The molecule has 0 radical (unpaired) electrons. The van der Waals surface area contributed by atoms with E-state index in [0.29, 0.717) is 11.0 Å². The van der Waals surface area contributed by atoms with Crippen LogP contribution in [0.2, 0.25) is 0 Å². The summed E-state index contributed by atoms with van der Waals surface area (Å²) in [5.74, 6) is 0. The molecule has 0 aliphatic rings. The van der Waals surface area contributed by atoms with E-state index < -0.39 is 0 Å². The van der Waals surface area contributed by atoms with Crippen molar-refractivity contribution in [2.45, 2.75) is 183 Å². The summed E-state index contributed by atoms with van der Waals surface area (Å²) in [7, 11) is 0. The third-order valence-electron chi connectivity index (χ3n) is 9.30. The van der Waals surface area contributed by atoms with Gasteiger partial charge in [-0.25, -0.2) is 0 Å². The van der Waals surface area contributed by atoms with Crippen molar-refractivity contribution in [1.82, 2.24) is 0 Å². The van der Waals surface area contributed by atoms with Crippen molar-refractivity contribution < 1.29 is 9.96 Å². The summed E-state index contributed by atoms with van der Waals surface area (Å²) >= 11 is 0.